The minimum atomic E-state index is -1.03. The summed E-state index contributed by atoms with van der Waals surface area (Å²) >= 11 is 0. The van der Waals surface area contributed by atoms with Crippen LogP contribution in [0, 0.1) is 5.21 Å². The summed E-state index contributed by atoms with van der Waals surface area (Å²) in [5, 5.41) is 20.7. The van der Waals surface area contributed by atoms with Gasteiger partial charge in [-0.25, -0.2) is 5.21 Å². The van der Waals surface area contributed by atoms with Gasteiger partial charge in [0.15, 0.2) is 5.69 Å². The summed E-state index contributed by atoms with van der Waals surface area (Å²) in [4.78, 5) is 32.4. The van der Waals surface area contributed by atoms with Crippen LogP contribution < -0.4 is 5.23 Å². The van der Waals surface area contributed by atoms with Crippen LogP contribution in [0.2, 0.25) is 0 Å². The second-order valence-corrected chi connectivity index (χ2v) is 7.67. The maximum Gasteiger partial charge on any atom is 0.246 e. The van der Waals surface area contributed by atoms with E-state index >= 15 is 0 Å². The molecule has 4 rings (SSSR count). The number of piperazine rings is 1. The lowest BCUT2D eigenvalue weighted by Gasteiger charge is -2.42. The van der Waals surface area contributed by atoms with E-state index in [1.165, 1.54) is 9.80 Å². The van der Waals surface area contributed by atoms with Gasteiger partial charge in [-0.1, -0.05) is 36.4 Å². The molecule has 0 bridgehead atoms. The lowest BCUT2D eigenvalue weighted by Crippen LogP contribution is -2.99. The number of hydrogen-bond acceptors (Lipinski definition) is 4. The lowest BCUT2D eigenvalue weighted by atomic mass is 9.95. The number of carbonyl (C=O) groups is 2. The SMILES string of the molecule is CN1C(=O)[C@H](Cc2c[nH]c3cccc([NH+]([O-])O)c23)N(C)C(=O)[C@@H]1Cc1ccccc1. The number of likely N-dealkylation sites (N-methyl/N-ethyl adjacent to an activating group) is 2. The molecule has 1 unspecified atom stereocenters. The van der Waals surface area contributed by atoms with Gasteiger partial charge in [0.2, 0.25) is 11.8 Å². The van der Waals surface area contributed by atoms with Crippen molar-refractivity contribution in [3.8, 4) is 0 Å². The van der Waals surface area contributed by atoms with E-state index in [0.717, 1.165) is 5.56 Å². The van der Waals surface area contributed by atoms with Crippen molar-refractivity contribution in [1.29, 1.82) is 0 Å². The summed E-state index contributed by atoms with van der Waals surface area (Å²) in [6.07, 6.45) is 2.42. The molecule has 3 aromatic rings. The van der Waals surface area contributed by atoms with Gasteiger partial charge in [0.05, 0.1) is 10.9 Å². The molecule has 30 heavy (non-hydrogen) atoms. The first-order chi connectivity index (χ1) is 14.4. The summed E-state index contributed by atoms with van der Waals surface area (Å²) in [5.74, 6) is -0.274. The molecule has 1 saturated heterocycles. The van der Waals surface area contributed by atoms with E-state index in [1.807, 2.05) is 30.3 Å². The minimum absolute atomic E-state index is 0.121. The largest absolute Gasteiger partial charge is 0.595 e. The topological polar surface area (TPSA) is 104 Å². The Balaban J connectivity index is 1.62. The molecule has 8 heteroatoms. The third-order valence-corrected chi connectivity index (χ3v) is 5.90. The van der Waals surface area contributed by atoms with Gasteiger partial charge in [-0.2, -0.15) is 5.23 Å². The first-order valence-corrected chi connectivity index (χ1v) is 9.78. The van der Waals surface area contributed by atoms with E-state index in [0.29, 0.717) is 22.9 Å². The smallest absolute Gasteiger partial charge is 0.246 e. The second-order valence-electron chi connectivity index (χ2n) is 7.67. The predicted octanol–water partition coefficient (Wildman–Crippen LogP) is 1.02. The van der Waals surface area contributed by atoms with Crippen LogP contribution in [0.3, 0.4) is 0 Å². The number of aromatic nitrogens is 1. The molecular weight excluding hydrogens is 384 g/mol. The summed E-state index contributed by atoms with van der Waals surface area (Å²) in [7, 11) is 3.30. The second kappa shape index (κ2) is 7.91. The lowest BCUT2D eigenvalue weighted by molar-refractivity contribution is -0.990. The first kappa shape index (κ1) is 20.1. The first-order valence-electron chi connectivity index (χ1n) is 9.78. The van der Waals surface area contributed by atoms with E-state index in [4.69, 9.17) is 0 Å². The van der Waals surface area contributed by atoms with Crippen LogP contribution in [0.1, 0.15) is 11.1 Å². The molecule has 3 atom stereocenters. The third kappa shape index (κ3) is 3.45. The highest BCUT2D eigenvalue weighted by Crippen LogP contribution is 2.28. The van der Waals surface area contributed by atoms with E-state index in [1.54, 1.807) is 38.5 Å². The van der Waals surface area contributed by atoms with Gasteiger partial charge < -0.3 is 20.0 Å². The number of fused-ring (bicyclic) bond motifs is 1. The molecule has 0 saturated carbocycles. The number of H-pyrrole nitrogens is 1. The number of benzene rings is 2. The monoisotopic (exact) mass is 408 g/mol. The normalized spacial score (nSPS) is 20.8. The molecule has 2 heterocycles. The highest BCUT2D eigenvalue weighted by molar-refractivity contribution is 5.98. The van der Waals surface area contributed by atoms with Crippen LogP contribution in [0.5, 0.6) is 0 Å². The van der Waals surface area contributed by atoms with Crippen molar-refractivity contribution in [3.05, 3.63) is 71.1 Å². The Morgan fingerprint density at radius 2 is 1.60 bits per heavy atom. The number of nitrogens with zero attached hydrogens (tertiary/aromatic N) is 2. The van der Waals surface area contributed by atoms with Crippen LogP contribution in [0.25, 0.3) is 10.9 Å². The number of rotatable bonds is 5. The van der Waals surface area contributed by atoms with Crippen molar-refractivity contribution < 1.29 is 20.0 Å². The van der Waals surface area contributed by atoms with Crippen molar-refractivity contribution in [3.63, 3.8) is 0 Å². The molecule has 1 aliphatic heterocycles. The Labute approximate surface area is 173 Å². The molecular formula is C22H24N4O4. The quantitative estimate of drug-likeness (QED) is 0.549. The molecule has 1 fully saturated rings. The van der Waals surface area contributed by atoms with Crippen molar-refractivity contribution in [1.82, 2.24) is 14.8 Å². The maximum atomic E-state index is 13.2. The van der Waals surface area contributed by atoms with Crippen LogP contribution in [0.4, 0.5) is 5.69 Å². The van der Waals surface area contributed by atoms with Gasteiger partial charge in [-0.15, -0.1) is 0 Å². The zero-order chi connectivity index (χ0) is 21.4. The van der Waals surface area contributed by atoms with Gasteiger partial charge >= 0.3 is 0 Å². The van der Waals surface area contributed by atoms with Crippen LogP contribution in [0.15, 0.2) is 54.7 Å². The number of hydrogen-bond donors (Lipinski definition) is 3. The van der Waals surface area contributed by atoms with Crippen LogP contribution >= 0.6 is 0 Å². The van der Waals surface area contributed by atoms with Gasteiger partial charge in [0, 0.05) is 39.2 Å². The Bertz CT molecular complexity index is 1080. The fourth-order valence-corrected chi connectivity index (χ4v) is 4.20. The average molecular weight is 408 g/mol. The van der Waals surface area contributed by atoms with Crippen molar-refractivity contribution in [2.45, 2.75) is 24.9 Å². The fourth-order valence-electron chi connectivity index (χ4n) is 4.20. The van der Waals surface area contributed by atoms with E-state index in [9.17, 15) is 20.0 Å². The summed E-state index contributed by atoms with van der Waals surface area (Å²) in [6.45, 7) is 0. The number of carbonyl (C=O) groups excluding carboxylic acids is 2. The van der Waals surface area contributed by atoms with E-state index in [2.05, 4.69) is 4.98 Å². The molecule has 156 valence electrons. The predicted molar refractivity (Wildman–Crippen MR) is 111 cm³/mol. The zero-order valence-electron chi connectivity index (χ0n) is 16.8. The Kier molecular flexibility index (Phi) is 5.29. The Morgan fingerprint density at radius 3 is 2.23 bits per heavy atom. The van der Waals surface area contributed by atoms with Crippen molar-refractivity contribution >= 4 is 28.4 Å². The number of aromatic amines is 1. The third-order valence-electron chi connectivity index (χ3n) is 5.90. The Hall–Kier alpha value is -3.20. The van der Waals surface area contributed by atoms with Crippen LogP contribution in [-0.2, 0) is 22.4 Å². The fraction of sp³-hybridized carbons (Fsp3) is 0.273. The zero-order valence-corrected chi connectivity index (χ0v) is 16.8. The van der Waals surface area contributed by atoms with Gasteiger partial charge in [0.1, 0.15) is 12.1 Å². The van der Waals surface area contributed by atoms with E-state index < -0.39 is 17.3 Å². The van der Waals surface area contributed by atoms with Gasteiger partial charge in [-0.05, 0) is 17.2 Å². The Morgan fingerprint density at radius 1 is 0.967 bits per heavy atom. The molecule has 2 aromatic carbocycles. The molecule has 0 spiro atoms. The molecule has 0 radical (unpaired) electrons. The summed E-state index contributed by atoms with van der Waals surface area (Å²) < 4.78 is 0. The molecule has 3 N–H and O–H groups in total. The minimum Gasteiger partial charge on any atom is -0.595 e. The van der Waals surface area contributed by atoms with Crippen molar-refractivity contribution in [2.75, 3.05) is 14.1 Å². The highest BCUT2D eigenvalue weighted by atomic mass is 16.8. The molecule has 2 amide bonds. The number of amides is 2. The molecule has 8 nitrogen and oxygen atoms in total. The molecule has 1 aliphatic rings. The van der Waals surface area contributed by atoms with Crippen molar-refractivity contribution in [2.24, 2.45) is 0 Å². The van der Waals surface area contributed by atoms with E-state index in [-0.39, 0.29) is 23.9 Å². The number of quaternary nitrogens is 1. The average Bonchev–Trinajstić information content (AvgIpc) is 3.16. The van der Waals surface area contributed by atoms with Crippen LogP contribution in [-0.4, -0.2) is 58.0 Å². The molecule has 1 aromatic heterocycles. The van der Waals surface area contributed by atoms with Gasteiger partial charge in [0.25, 0.3) is 0 Å². The number of nitrogens with one attached hydrogen (secondary N) is 2. The summed E-state index contributed by atoms with van der Waals surface area (Å²) in [5.41, 5.74) is 2.56. The van der Waals surface area contributed by atoms with Gasteiger partial charge in [-0.3, -0.25) is 9.59 Å². The molecule has 0 aliphatic carbocycles. The summed E-state index contributed by atoms with van der Waals surface area (Å²) in [6, 6.07) is 13.4. The maximum absolute atomic E-state index is 13.2. The standard InChI is InChI=1S/C22H24N4O4/c1-24-18(11-14-7-4-3-5-8-14)21(27)25(2)19(22(24)28)12-15-13-23-16-9-6-10-17(20(15)16)26(29)30/h3-10,13,18-19,23,26,29H,11-12H2,1-2H3/t18-,19-/m0/s1. The highest BCUT2D eigenvalue weighted by Gasteiger charge is 2.42.